The Morgan fingerprint density at radius 2 is 2.33 bits per heavy atom. The molecule has 0 saturated heterocycles. The van der Waals surface area contributed by atoms with Crippen molar-refractivity contribution in [2.75, 3.05) is 5.32 Å². The maximum Gasteiger partial charge on any atom is 0.325 e. The van der Waals surface area contributed by atoms with Crippen molar-refractivity contribution in [3.63, 3.8) is 0 Å². The Hall–Kier alpha value is -1.72. The molecule has 0 unspecified atom stereocenters. The van der Waals surface area contributed by atoms with Crippen LogP contribution in [0.4, 0.5) is 10.2 Å². The van der Waals surface area contributed by atoms with E-state index < -0.39 is 17.8 Å². The Bertz CT molecular complexity index is 370. The van der Waals surface area contributed by atoms with Crippen LogP contribution < -0.4 is 5.32 Å². The number of aryl methyl sites for hydroxylation is 1. The minimum Gasteiger partial charge on any atom is -0.480 e. The lowest BCUT2D eigenvalue weighted by Gasteiger charge is -2.11. The van der Waals surface area contributed by atoms with Crippen LogP contribution in [0.25, 0.3) is 0 Å². The molecule has 0 aliphatic heterocycles. The molecular weight excluding hydrogens is 201 g/mol. The summed E-state index contributed by atoms with van der Waals surface area (Å²) in [5, 5.41) is 11.1. The summed E-state index contributed by atoms with van der Waals surface area (Å²) in [4.78, 5) is 17.9. The third-order valence-electron chi connectivity index (χ3n) is 1.92. The zero-order chi connectivity index (χ0) is 11.4. The van der Waals surface area contributed by atoms with Gasteiger partial charge in [0.1, 0.15) is 12.4 Å². The summed E-state index contributed by atoms with van der Waals surface area (Å²) in [5.41, 5.74) is 0.269. The van der Waals surface area contributed by atoms with Crippen LogP contribution in [0.3, 0.4) is 0 Å². The fourth-order valence-corrected chi connectivity index (χ4v) is 1.02. The van der Waals surface area contributed by atoms with Gasteiger partial charge in [0.05, 0.1) is 5.69 Å². The molecule has 82 valence electrons. The maximum absolute atomic E-state index is 13.5. The normalized spacial score (nSPS) is 12.2. The van der Waals surface area contributed by atoms with Crippen LogP contribution in [0.1, 0.15) is 19.5 Å². The second kappa shape index (κ2) is 4.68. The number of carbonyl (C=O) groups is 1. The van der Waals surface area contributed by atoms with Crippen molar-refractivity contribution < 1.29 is 14.3 Å². The van der Waals surface area contributed by atoms with Gasteiger partial charge in [-0.05, 0) is 13.3 Å². The molecule has 6 heteroatoms. The van der Waals surface area contributed by atoms with E-state index in [2.05, 4.69) is 15.3 Å². The topological polar surface area (TPSA) is 75.1 Å². The monoisotopic (exact) mass is 213 g/mol. The van der Waals surface area contributed by atoms with E-state index in [0.717, 1.165) is 0 Å². The van der Waals surface area contributed by atoms with E-state index in [9.17, 15) is 9.18 Å². The van der Waals surface area contributed by atoms with Crippen LogP contribution in [0.2, 0.25) is 0 Å². The molecule has 15 heavy (non-hydrogen) atoms. The van der Waals surface area contributed by atoms with E-state index in [0.29, 0.717) is 6.42 Å². The summed E-state index contributed by atoms with van der Waals surface area (Å²) in [7, 11) is 0. The van der Waals surface area contributed by atoms with Gasteiger partial charge in [0.15, 0.2) is 11.6 Å². The molecule has 1 heterocycles. The van der Waals surface area contributed by atoms with Gasteiger partial charge >= 0.3 is 5.97 Å². The first kappa shape index (κ1) is 11.4. The second-order valence-corrected chi connectivity index (χ2v) is 3.04. The lowest BCUT2D eigenvalue weighted by Crippen LogP contribution is -2.26. The van der Waals surface area contributed by atoms with Gasteiger partial charge in [0.25, 0.3) is 0 Å². The van der Waals surface area contributed by atoms with Crippen LogP contribution >= 0.6 is 0 Å². The minimum absolute atomic E-state index is 0.0725. The standard InChI is InChI=1S/C9H12FN3O2/c1-3-6-7(10)8(12-4-11-6)13-5(2)9(14)15/h4-5H,3H2,1-2H3,(H,14,15)(H,11,12,13)/t5-/m0/s1. The van der Waals surface area contributed by atoms with Gasteiger partial charge in [0.2, 0.25) is 0 Å². The highest BCUT2D eigenvalue weighted by molar-refractivity contribution is 5.76. The van der Waals surface area contributed by atoms with Crippen LogP contribution in [0.15, 0.2) is 6.33 Å². The number of nitrogens with zero attached hydrogens (tertiary/aromatic N) is 2. The van der Waals surface area contributed by atoms with Crippen molar-refractivity contribution in [3.8, 4) is 0 Å². The van der Waals surface area contributed by atoms with E-state index in [1.54, 1.807) is 6.92 Å². The van der Waals surface area contributed by atoms with Crippen LogP contribution in [0, 0.1) is 5.82 Å². The van der Waals surface area contributed by atoms with Gasteiger partial charge in [-0.2, -0.15) is 0 Å². The van der Waals surface area contributed by atoms with Gasteiger partial charge in [-0.1, -0.05) is 6.92 Å². The van der Waals surface area contributed by atoms with Crippen molar-refractivity contribution in [2.45, 2.75) is 26.3 Å². The Morgan fingerprint density at radius 1 is 1.67 bits per heavy atom. The number of carboxylic acid groups (broad SMARTS) is 1. The van der Waals surface area contributed by atoms with E-state index in [4.69, 9.17) is 5.11 Å². The van der Waals surface area contributed by atoms with Gasteiger partial charge in [0, 0.05) is 0 Å². The zero-order valence-corrected chi connectivity index (χ0v) is 8.49. The van der Waals surface area contributed by atoms with Crippen molar-refractivity contribution in [3.05, 3.63) is 17.8 Å². The molecular formula is C9H12FN3O2. The SMILES string of the molecule is CCc1ncnc(N[C@@H](C)C(=O)O)c1F. The number of hydrogen-bond donors (Lipinski definition) is 2. The highest BCUT2D eigenvalue weighted by atomic mass is 19.1. The summed E-state index contributed by atoms with van der Waals surface area (Å²) in [5.74, 6) is -1.73. The van der Waals surface area contributed by atoms with Crippen molar-refractivity contribution in [1.82, 2.24) is 9.97 Å². The van der Waals surface area contributed by atoms with E-state index in [1.807, 2.05) is 0 Å². The number of aliphatic carboxylic acids is 1. The molecule has 0 aromatic carbocycles. The molecule has 0 aliphatic carbocycles. The lowest BCUT2D eigenvalue weighted by atomic mass is 10.3. The Balaban J connectivity index is 2.90. The number of nitrogens with one attached hydrogen (secondary N) is 1. The number of carboxylic acids is 1. The highest BCUT2D eigenvalue weighted by Crippen LogP contribution is 2.13. The number of anilines is 1. The largest absolute Gasteiger partial charge is 0.480 e. The Labute approximate surface area is 86.4 Å². The second-order valence-electron chi connectivity index (χ2n) is 3.04. The number of halogens is 1. The molecule has 0 spiro atoms. The minimum atomic E-state index is -1.06. The molecule has 0 saturated carbocycles. The number of hydrogen-bond acceptors (Lipinski definition) is 4. The van der Waals surface area contributed by atoms with E-state index in [1.165, 1.54) is 13.3 Å². The average molecular weight is 213 g/mol. The van der Waals surface area contributed by atoms with Gasteiger partial charge in [-0.15, -0.1) is 0 Å². The summed E-state index contributed by atoms with van der Waals surface area (Å²) < 4.78 is 13.5. The van der Waals surface area contributed by atoms with Crippen molar-refractivity contribution in [1.29, 1.82) is 0 Å². The number of aromatic nitrogens is 2. The Kier molecular flexibility index (Phi) is 3.54. The average Bonchev–Trinajstić information content (AvgIpc) is 2.21. The molecule has 0 radical (unpaired) electrons. The molecule has 1 aromatic rings. The molecule has 0 fully saturated rings. The lowest BCUT2D eigenvalue weighted by molar-refractivity contribution is -0.137. The maximum atomic E-state index is 13.5. The van der Waals surface area contributed by atoms with E-state index in [-0.39, 0.29) is 11.5 Å². The predicted molar refractivity (Wildman–Crippen MR) is 52.1 cm³/mol. The molecule has 5 nitrogen and oxygen atoms in total. The summed E-state index contributed by atoms with van der Waals surface area (Å²) in [6.07, 6.45) is 1.64. The van der Waals surface area contributed by atoms with Crippen LogP contribution in [-0.2, 0) is 11.2 Å². The molecule has 0 amide bonds. The fourth-order valence-electron chi connectivity index (χ4n) is 1.02. The smallest absolute Gasteiger partial charge is 0.325 e. The Morgan fingerprint density at radius 3 is 2.87 bits per heavy atom. The quantitative estimate of drug-likeness (QED) is 0.782. The first-order chi connectivity index (χ1) is 7.06. The third-order valence-corrected chi connectivity index (χ3v) is 1.92. The first-order valence-corrected chi connectivity index (χ1v) is 4.55. The van der Waals surface area contributed by atoms with Crippen LogP contribution in [0.5, 0.6) is 0 Å². The van der Waals surface area contributed by atoms with Gasteiger partial charge in [-0.3, -0.25) is 4.79 Å². The molecule has 2 N–H and O–H groups in total. The molecule has 1 aromatic heterocycles. The highest BCUT2D eigenvalue weighted by Gasteiger charge is 2.15. The number of rotatable bonds is 4. The third kappa shape index (κ3) is 2.61. The molecule has 1 atom stereocenters. The van der Waals surface area contributed by atoms with E-state index >= 15 is 0 Å². The fraction of sp³-hybridized carbons (Fsp3) is 0.444. The molecule has 1 rings (SSSR count). The van der Waals surface area contributed by atoms with Gasteiger partial charge in [-0.25, -0.2) is 14.4 Å². The summed E-state index contributed by atoms with van der Waals surface area (Å²) in [6, 6.07) is -0.890. The predicted octanol–water partition coefficient (Wildman–Crippen LogP) is 1.06. The summed E-state index contributed by atoms with van der Waals surface area (Å²) in [6.45, 7) is 3.17. The molecule has 0 bridgehead atoms. The summed E-state index contributed by atoms with van der Waals surface area (Å²) >= 11 is 0. The van der Waals surface area contributed by atoms with Crippen LogP contribution in [-0.4, -0.2) is 27.1 Å². The van der Waals surface area contributed by atoms with Gasteiger partial charge < -0.3 is 10.4 Å². The first-order valence-electron chi connectivity index (χ1n) is 4.55. The zero-order valence-electron chi connectivity index (χ0n) is 8.49. The molecule has 0 aliphatic rings. The van der Waals surface area contributed by atoms with Crippen molar-refractivity contribution >= 4 is 11.8 Å². The van der Waals surface area contributed by atoms with Crippen molar-refractivity contribution in [2.24, 2.45) is 0 Å².